The van der Waals surface area contributed by atoms with Gasteiger partial charge in [-0.3, -0.25) is 4.79 Å². The highest BCUT2D eigenvalue weighted by Gasteiger charge is 2.49. The fraction of sp³-hybridized carbons (Fsp3) is 0.400. The van der Waals surface area contributed by atoms with Gasteiger partial charge in [0.05, 0.1) is 21.9 Å². The molecule has 2 aliphatic rings. The maximum Gasteiger partial charge on any atom is 0.200 e. The van der Waals surface area contributed by atoms with E-state index in [0.717, 1.165) is 22.1 Å². The Morgan fingerprint density at radius 3 is 2.08 bits per heavy atom. The zero-order valence-corrected chi connectivity index (χ0v) is 24.9. The number of phenols is 2. The molecule has 0 saturated carbocycles. The second kappa shape index (κ2) is 10.2. The predicted molar refractivity (Wildman–Crippen MR) is 161 cm³/mol. The van der Waals surface area contributed by atoms with Crippen LogP contribution in [0.1, 0.15) is 95.3 Å². The molecular formula is C35H42O4. The Labute approximate surface area is 233 Å². The van der Waals surface area contributed by atoms with Gasteiger partial charge in [0.2, 0.25) is 0 Å². The van der Waals surface area contributed by atoms with E-state index in [-0.39, 0.29) is 22.8 Å². The Morgan fingerprint density at radius 1 is 0.923 bits per heavy atom. The normalized spacial score (nSPS) is 16.8. The molecule has 0 bridgehead atoms. The van der Waals surface area contributed by atoms with Gasteiger partial charge in [0.15, 0.2) is 5.78 Å². The fourth-order valence-electron chi connectivity index (χ4n) is 5.68. The van der Waals surface area contributed by atoms with Crippen molar-refractivity contribution in [2.75, 3.05) is 0 Å². The molecular weight excluding hydrogens is 484 g/mol. The van der Waals surface area contributed by atoms with Crippen molar-refractivity contribution in [1.82, 2.24) is 0 Å². The molecule has 2 N–H and O–H groups in total. The zero-order chi connectivity index (χ0) is 28.9. The van der Waals surface area contributed by atoms with Crippen LogP contribution in [-0.2, 0) is 16.6 Å². The van der Waals surface area contributed by atoms with Crippen molar-refractivity contribution in [3.8, 4) is 11.5 Å². The third-order valence-electron chi connectivity index (χ3n) is 7.83. The Hall–Kier alpha value is -3.53. The van der Waals surface area contributed by atoms with Crippen molar-refractivity contribution in [1.29, 1.82) is 0 Å². The van der Waals surface area contributed by atoms with Crippen LogP contribution in [0.4, 0.5) is 0 Å². The number of benzene rings is 2. The molecule has 206 valence electrons. The molecule has 4 nitrogen and oxygen atoms in total. The molecule has 39 heavy (non-hydrogen) atoms. The van der Waals surface area contributed by atoms with Gasteiger partial charge in [-0.05, 0) is 128 Å². The number of aromatic hydroxyl groups is 2. The van der Waals surface area contributed by atoms with Gasteiger partial charge in [0.1, 0.15) is 22.9 Å². The smallest absolute Gasteiger partial charge is 0.200 e. The minimum Gasteiger partial charge on any atom is -0.507 e. The maximum atomic E-state index is 14.1. The second-order valence-electron chi connectivity index (χ2n) is 12.4. The summed E-state index contributed by atoms with van der Waals surface area (Å²) in [6, 6.07) is 3.73. The summed E-state index contributed by atoms with van der Waals surface area (Å²) in [6.07, 6.45) is 12.2. The van der Waals surface area contributed by atoms with Crippen LogP contribution in [-0.4, -0.2) is 21.6 Å². The molecule has 0 radical (unpaired) electrons. The van der Waals surface area contributed by atoms with Crippen LogP contribution in [0, 0.1) is 6.92 Å². The number of fused-ring (bicyclic) bond motifs is 2. The maximum absolute atomic E-state index is 14.1. The summed E-state index contributed by atoms with van der Waals surface area (Å²) < 4.78 is 6.67. The van der Waals surface area contributed by atoms with Crippen molar-refractivity contribution < 1.29 is 19.7 Å². The molecule has 2 aromatic carbocycles. The lowest BCUT2D eigenvalue weighted by atomic mass is 9.64. The topological polar surface area (TPSA) is 66.8 Å². The Balaban J connectivity index is 2.20. The third-order valence-corrected chi connectivity index (χ3v) is 7.83. The number of Topliss-reactive ketones (excluding diaryl/α,β-unsaturated/α-hetero) is 1. The largest absolute Gasteiger partial charge is 0.507 e. The van der Waals surface area contributed by atoms with Gasteiger partial charge >= 0.3 is 0 Å². The Bertz CT molecular complexity index is 1490. The molecule has 0 unspecified atom stereocenters. The number of phenolic OH excluding ortho intramolecular Hbond substituents is 2. The lowest BCUT2D eigenvalue weighted by Crippen LogP contribution is -2.41. The molecule has 2 aromatic rings. The van der Waals surface area contributed by atoms with Crippen molar-refractivity contribution in [2.24, 2.45) is 0 Å². The number of allylic oxidation sites excluding steroid dienone is 9. The minimum absolute atomic E-state index is 0.0212. The lowest BCUT2D eigenvalue weighted by molar-refractivity contribution is 0.0409. The van der Waals surface area contributed by atoms with E-state index in [1.165, 1.54) is 16.7 Å². The quantitative estimate of drug-likeness (QED) is 0.369. The molecule has 0 spiro atoms. The van der Waals surface area contributed by atoms with Crippen LogP contribution in [0.25, 0.3) is 10.8 Å². The molecule has 1 aliphatic carbocycles. The summed E-state index contributed by atoms with van der Waals surface area (Å²) >= 11 is 0. The highest BCUT2D eigenvalue weighted by atomic mass is 16.5. The van der Waals surface area contributed by atoms with Gasteiger partial charge in [0.25, 0.3) is 0 Å². The highest BCUT2D eigenvalue weighted by molar-refractivity contribution is 6.19. The first-order valence-corrected chi connectivity index (χ1v) is 13.8. The summed E-state index contributed by atoms with van der Waals surface area (Å²) in [6.45, 7) is 18.4. The number of carbonyl (C=O) groups excluding carboxylic acids is 1. The standard InChI is InChI=1S/C35H42O4/c1-20(2)10-11-24-23(7)18-28(36)29-26(24)19-27-30(32(29)38)31(37)25-14-15-34(8,9)39-33(25)35(27,16-12-21(3)4)17-13-22(5)6/h10,12-15,18-19,36,38H,11,16-17H2,1-9H3. The average molecular weight is 527 g/mol. The van der Waals surface area contributed by atoms with Crippen molar-refractivity contribution in [3.63, 3.8) is 0 Å². The van der Waals surface area contributed by atoms with E-state index in [2.05, 4.69) is 59.8 Å². The van der Waals surface area contributed by atoms with Gasteiger partial charge in [-0.2, -0.15) is 0 Å². The summed E-state index contributed by atoms with van der Waals surface area (Å²) in [5.41, 5.74) is 5.67. The molecule has 0 atom stereocenters. The van der Waals surface area contributed by atoms with E-state index in [4.69, 9.17) is 4.74 Å². The van der Waals surface area contributed by atoms with Crippen molar-refractivity contribution >= 4 is 16.6 Å². The van der Waals surface area contributed by atoms with Gasteiger partial charge in [0, 0.05) is 0 Å². The summed E-state index contributed by atoms with van der Waals surface area (Å²) in [7, 11) is 0. The summed E-state index contributed by atoms with van der Waals surface area (Å²) in [4.78, 5) is 14.1. The van der Waals surface area contributed by atoms with Crippen LogP contribution >= 0.6 is 0 Å². The lowest BCUT2D eigenvalue weighted by Gasteiger charge is -2.45. The third kappa shape index (κ3) is 5.09. The van der Waals surface area contributed by atoms with Gasteiger partial charge < -0.3 is 14.9 Å². The first-order valence-electron chi connectivity index (χ1n) is 13.8. The number of aryl methyl sites for hydroxylation is 1. The first kappa shape index (κ1) is 28.5. The van der Waals surface area contributed by atoms with E-state index >= 15 is 0 Å². The minimum atomic E-state index is -0.714. The van der Waals surface area contributed by atoms with Gasteiger partial charge in [-0.15, -0.1) is 0 Å². The number of ketones is 1. The van der Waals surface area contributed by atoms with E-state index in [1.54, 1.807) is 6.07 Å². The molecule has 1 heterocycles. The van der Waals surface area contributed by atoms with E-state index in [1.807, 2.05) is 39.0 Å². The van der Waals surface area contributed by atoms with Crippen molar-refractivity contribution in [3.05, 3.63) is 92.8 Å². The Morgan fingerprint density at radius 2 is 1.51 bits per heavy atom. The number of hydrogen-bond acceptors (Lipinski definition) is 4. The first-order chi connectivity index (χ1) is 18.2. The van der Waals surface area contributed by atoms with Gasteiger partial charge in [-0.1, -0.05) is 34.9 Å². The highest BCUT2D eigenvalue weighted by Crippen LogP contribution is 2.55. The molecule has 4 rings (SSSR count). The molecule has 1 aliphatic heterocycles. The Kier molecular flexibility index (Phi) is 7.46. The van der Waals surface area contributed by atoms with Gasteiger partial charge in [-0.25, -0.2) is 0 Å². The van der Waals surface area contributed by atoms with E-state index < -0.39 is 11.0 Å². The number of rotatable bonds is 6. The predicted octanol–water partition coefficient (Wildman–Crippen LogP) is 8.83. The molecule has 0 amide bonds. The van der Waals surface area contributed by atoms with E-state index in [0.29, 0.717) is 36.0 Å². The number of carbonyl (C=O) groups is 1. The SMILES string of the molecule is CC(C)=CCc1c(C)cc(O)c2c(O)c3c(cc12)C(CC=C(C)C)(CC=C(C)C)C1=C(C=CC(C)(C)O1)C3=O. The van der Waals surface area contributed by atoms with Crippen LogP contribution in [0.2, 0.25) is 0 Å². The molecule has 4 heteroatoms. The summed E-state index contributed by atoms with van der Waals surface area (Å²) in [5.74, 6) is 0.199. The number of hydrogen-bond donors (Lipinski definition) is 2. The second-order valence-corrected chi connectivity index (χ2v) is 12.4. The zero-order valence-electron chi connectivity index (χ0n) is 24.9. The van der Waals surface area contributed by atoms with E-state index in [9.17, 15) is 15.0 Å². The average Bonchev–Trinajstić information content (AvgIpc) is 2.82. The molecule has 0 saturated heterocycles. The molecule has 0 fully saturated rings. The molecule has 0 aromatic heterocycles. The summed E-state index contributed by atoms with van der Waals surface area (Å²) in [5, 5.41) is 23.9. The van der Waals surface area contributed by atoms with Crippen LogP contribution in [0.3, 0.4) is 0 Å². The number of ether oxygens (including phenoxy) is 1. The van der Waals surface area contributed by atoms with Crippen molar-refractivity contribution in [2.45, 2.75) is 92.6 Å². The van der Waals surface area contributed by atoms with Crippen LogP contribution < -0.4 is 0 Å². The van der Waals surface area contributed by atoms with Crippen LogP contribution in [0.5, 0.6) is 11.5 Å². The fourth-order valence-corrected chi connectivity index (χ4v) is 5.68. The monoisotopic (exact) mass is 526 g/mol. The van der Waals surface area contributed by atoms with Crippen LogP contribution in [0.15, 0.2) is 70.6 Å².